The number of nitrogens with one attached hydrogen (secondary N) is 2. The number of anilines is 2. The predicted molar refractivity (Wildman–Crippen MR) is 104 cm³/mol. The van der Waals surface area contributed by atoms with Gasteiger partial charge in [-0.05, 0) is 42.5 Å². The first-order valence-corrected chi connectivity index (χ1v) is 9.42. The van der Waals surface area contributed by atoms with Crippen molar-refractivity contribution in [2.24, 2.45) is 0 Å². The van der Waals surface area contributed by atoms with Crippen LogP contribution in [0.3, 0.4) is 0 Å². The smallest absolute Gasteiger partial charge is 0.245 e. The van der Waals surface area contributed by atoms with Crippen LogP contribution in [0.4, 0.5) is 11.4 Å². The van der Waals surface area contributed by atoms with Crippen LogP contribution in [0, 0.1) is 0 Å². The summed E-state index contributed by atoms with van der Waals surface area (Å²) in [4.78, 5) is 27.3. The van der Waals surface area contributed by atoms with E-state index >= 15 is 0 Å². The van der Waals surface area contributed by atoms with Crippen LogP contribution >= 0.6 is 11.3 Å². The molecule has 2 heterocycles. The highest BCUT2D eigenvalue weighted by atomic mass is 32.1. The Balaban J connectivity index is 1.66. The Morgan fingerprint density at radius 3 is 2.85 bits per heavy atom. The van der Waals surface area contributed by atoms with Crippen LogP contribution in [0.1, 0.15) is 24.3 Å². The van der Waals surface area contributed by atoms with Crippen molar-refractivity contribution in [2.45, 2.75) is 32.9 Å². The quantitative estimate of drug-likeness (QED) is 0.845. The zero-order valence-electron chi connectivity index (χ0n) is 15.2. The summed E-state index contributed by atoms with van der Waals surface area (Å²) >= 11 is 1.76. The molecule has 138 valence electrons. The number of thiophene rings is 1. The second kappa shape index (κ2) is 7.78. The van der Waals surface area contributed by atoms with E-state index in [1.807, 2.05) is 17.9 Å². The van der Waals surface area contributed by atoms with Crippen molar-refractivity contribution in [3.8, 4) is 5.75 Å². The van der Waals surface area contributed by atoms with Gasteiger partial charge in [0.2, 0.25) is 11.8 Å². The summed E-state index contributed by atoms with van der Waals surface area (Å²) in [5.74, 6) is 0.461. The first-order chi connectivity index (χ1) is 12.5. The molecule has 1 unspecified atom stereocenters. The summed E-state index contributed by atoms with van der Waals surface area (Å²) in [6.07, 6.45) is 0.921. The summed E-state index contributed by atoms with van der Waals surface area (Å²) in [6, 6.07) is 7.11. The van der Waals surface area contributed by atoms with E-state index in [2.05, 4.69) is 22.1 Å². The molecule has 1 aliphatic rings. The number of hydrogen-bond acceptors (Lipinski definition) is 5. The molecule has 0 aliphatic carbocycles. The van der Waals surface area contributed by atoms with Gasteiger partial charge in [-0.1, -0.05) is 0 Å². The number of ether oxygens (including phenoxy) is 1. The molecule has 6 nitrogen and oxygen atoms in total. The monoisotopic (exact) mass is 373 g/mol. The summed E-state index contributed by atoms with van der Waals surface area (Å²) < 4.78 is 5.33. The number of amides is 2. The van der Waals surface area contributed by atoms with Gasteiger partial charge >= 0.3 is 0 Å². The molecule has 2 amide bonds. The highest BCUT2D eigenvalue weighted by Crippen LogP contribution is 2.29. The minimum absolute atomic E-state index is 0.0757. The highest BCUT2D eigenvalue weighted by Gasteiger charge is 2.25. The predicted octanol–water partition coefficient (Wildman–Crippen LogP) is 3.10. The number of benzene rings is 1. The van der Waals surface area contributed by atoms with Gasteiger partial charge in [-0.25, -0.2) is 0 Å². The molecule has 1 aliphatic heterocycles. The molecule has 1 aromatic carbocycles. The molecule has 0 fully saturated rings. The average molecular weight is 373 g/mol. The van der Waals surface area contributed by atoms with Gasteiger partial charge in [0.25, 0.3) is 0 Å². The molecular formula is C19H23N3O3S. The molecule has 0 spiro atoms. The van der Waals surface area contributed by atoms with E-state index in [4.69, 9.17) is 4.74 Å². The average Bonchev–Trinajstić information content (AvgIpc) is 3.09. The summed E-state index contributed by atoms with van der Waals surface area (Å²) in [6.45, 7) is 4.74. The van der Waals surface area contributed by atoms with E-state index in [1.165, 1.54) is 17.4 Å². The number of rotatable bonds is 5. The van der Waals surface area contributed by atoms with Gasteiger partial charge in [-0.15, -0.1) is 11.3 Å². The topological polar surface area (TPSA) is 70.7 Å². The van der Waals surface area contributed by atoms with Crippen LogP contribution in [0.15, 0.2) is 29.6 Å². The van der Waals surface area contributed by atoms with E-state index in [-0.39, 0.29) is 17.9 Å². The van der Waals surface area contributed by atoms with Crippen LogP contribution in [0.2, 0.25) is 0 Å². The largest absolute Gasteiger partial charge is 0.494 e. The number of nitrogens with zero attached hydrogens (tertiary/aromatic N) is 1. The number of fused-ring (bicyclic) bond motifs is 1. The summed E-state index contributed by atoms with van der Waals surface area (Å²) in [7, 11) is 1.55. The molecule has 26 heavy (non-hydrogen) atoms. The van der Waals surface area contributed by atoms with Crippen molar-refractivity contribution < 1.29 is 14.3 Å². The maximum Gasteiger partial charge on any atom is 0.245 e. The molecule has 0 bridgehead atoms. The summed E-state index contributed by atoms with van der Waals surface area (Å²) in [5.41, 5.74) is 2.62. The number of hydrogen-bond donors (Lipinski definition) is 2. The second-order valence-electron chi connectivity index (χ2n) is 6.34. The SMILES string of the molecule is COc1cc(NC(C)C(=O)N2CCc3sccc3C2)ccc1NC(C)=O. The van der Waals surface area contributed by atoms with Gasteiger partial charge in [0, 0.05) is 36.6 Å². The van der Waals surface area contributed by atoms with Crippen LogP contribution < -0.4 is 15.4 Å². The molecule has 7 heteroatoms. The third kappa shape index (κ3) is 3.99. The van der Waals surface area contributed by atoms with Gasteiger partial charge in [0.1, 0.15) is 11.8 Å². The minimum Gasteiger partial charge on any atom is -0.494 e. The fourth-order valence-electron chi connectivity index (χ4n) is 3.10. The first kappa shape index (κ1) is 18.3. The molecule has 0 saturated heterocycles. The lowest BCUT2D eigenvalue weighted by Crippen LogP contribution is -2.43. The van der Waals surface area contributed by atoms with Crippen molar-refractivity contribution in [1.82, 2.24) is 4.90 Å². The Hall–Kier alpha value is -2.54. The fourth-order valence-corrected chi connectivity index (χ4v) is 3.99. The highest BCUT2D eigenvalue weighted by molar-refractivity contribution is 7.10. The number of carbonyl (C=O) groups excluding carboxylic acids is 2. The Morgan fingerprint density at radius 2 is 2.12 bits per heavy atom. The Kier molecular flexibility index (Phi) is 5.46. The van der Waals surface area contributed by atoms with Gasteiger partial charge in [0.15, 0.2) is 0 Å². The standard InChI is InChI=1S/C19H23N3O3S/c1-12(19(24)22-8-6-18-14(11-22)7-9-26-18)20-15-4-5-16(21-13(2)23)17(10-15)25-3/h4-5,7,9-10,12,20H,6,8,11H2,1-3H3,(H,21,23). The van der Waals surface area contributed by atoms with Crippen molar-refractivity contribution in [2.75, 3.05) is 24.3 Å². The van der Waals surface area contributed by atoms with E-state index in [0.29, 0.717) is 18.0 Å². The molecule has 3 rings (SSSR count). The lowest BCUT2D eigenvalue weighted by molar-refractivity contribution is -0.132. The van der Waals surface area contributed by atoms with Crippen molar-refractivity contribution >= 4 is 34.5 Å². The zero-order valence-corrected chi connectivity index (χ0v) is 16.0. The van der Waals surface area contributed by atoms with Crippen molar-refractivity contribution in [3.05, 3.63) is 40.1 Å². The van der Waals surface area contributed by atoms with Crippen LogP contribution in [-0.4, -0.2) is 36.4 Å². The number of methoxy groups -OCH3 is 1. The molecule has 1 atom stereocenters. The van der Waals surface area contributed by atoms with E-state index in [0.717, 1.165) is 18.7 Å². The Bertz CT molecular complexity index is 818. The normalized spacial score (nSPS) is 14.3. The van der Waals surface area contributed by atoms with E-state index in [1.54, 1.807) is 30.6 Å². The van der Waals surface area contributed by atoms with E-state index in [9.17, 15) is 9.59 Å². The third-order valence-corrected chi connectivity index (χ3v) is 5.41. The molecule has 2 aromatic rings. The Labute approximate surface area is 157 Å². The van der Waals surface area contributed by atoms with E-state index < -0.39 is 0 Å². The van der Waals surface area contributed by atoms with Crippen LogP contribution in [0.5, 0.6) is 5.75 Å². The molecular weight excluding hydrogens is 350 g/mol. The van der Waals surface area contributed by atoms with Gasteiger partial charge in [0.05, 0.1) is 12.8 Å². The van der Waals surface area contributed by atoms with Gasteiger partial charge in [-0.2, -0.15) is 0 Å². The molecule has 0 saturated carbocycles. The fraction of sp³-hybridized carbons (Fsp3) is 0.368. The molecule has 2 N–H and O–H groups in total. The van der Waals surface area contributed by atoms with Crippen LogP contribution in [0.25, 0.3) is 0 Å². The van der Waals surface area contributed by atoms with Gasteiger partial charge < -0.3 is 20.3 Å². The lowest BCUT2D eigenvalue weighted by Gasteiger charge is -2.30. The van der Waals surface area contributed by atoms with Crippen LogP contribution in [-0.2, 0) is 22.6 Å². The first-order valence-electron chi connectivity index (χ1n) is 8.54. The second-order valence-corrected chi connectivity index (χ2v) is 7.34. The van der Waals surface area contributed by atoms with Crippen molar-refractivity contribution in [3.63, 3.8) is 0 Å². The zero-order chi connectivity index (χ0) is 18.7. The number of carbonyl (C=O) groups is 2. The maximum atomic E-state index is 12.8. The lowest BCUT2D eigenvalue weighted by atomic mass is 10.1. The maximum absolute atomic E-state index is 12.8. The molecule has 0 radical (unpaired) electrons. The Morgan fingerprint density at radius 1 is 1.31 bits per heavy atom. The minimum atomic E-state index is -0.355. The third-order valence-electron chi connectivity index (χ3n) is 4.39. The summed E-state index contributed by atoms with van der Waals surface area (Å²) in [5, 5.41) is 8.04. The van der Waals surface area contributed by atoms with Gasteiger partial charge in [-0.3, -0.25) is 9.59 Å². The van der Waals surface area contributed by atoms with Crippen molar-refractivity contribution in [1.29, 1.82) is 0 Å². The molecule has 1 aromatic heterocycles.